The monoisotopic (exact) mass is 243 g/mol. The maximum atomic E-state index is 9.43. The van der Waals surface area contributed by atoms with Gasteiger partial charge in [-0.05, 0) is 30.2 Å². The summed E-state index contributed by atoms with van der Waals surface area (Å²) in [6.45, 7) is 2.49. The van der Waals surface area contributed by atoms with Gasteiger partial charge in [0.05, 0.1) is 6.10 Å². The number of hydrogen-bond donors (Lipinski definition) is 1. The van der Waals surface area contributed by atoms with Gasteiger partial charge in [0, 0.05) is 32.2 Å². The van der Waals surface area contributed by atoms with Crippen LogP contribution in [0.4, 0.5) is 5.82 Å². The van der Waals surface area contributed by atoms with E-state index in [1.165, 1.54) is 0 Å². The summed E-state index contributed by atoms with van der Waals surface area (Å²) < 4.78 is 0. The molecular weight excluding hydrogens is 226 g/mol. The third-order valence-corrected chi connectivity index (χ3v) is 2.79. The predicted molar refractivity (Wildman–Crippen MR) is 71.2 cm³/mol. The highest BCUT2D eigenvalue weighted by molar-refractivity contribution is 5.39. The Balaban J connectivity index is 2.07. The Morgan fingerprint density at radius 3 is 2.67 bits per heavy atom. The zero-order valence-corrected chi connectivity index (χ0v) is 10.6. The summed E-state index contributed by atoms with van der Waals surface area (Å²) in [5, 5.41) is 9.43. The van der Waals surface area contributed by atoms with Crippen molar-refractivity contribution in [1.82, 2.24) is 9.97 Å². The lowest BCUT2D eigenvalue weighted by atomic mass is 10.2. The van der Waals surface area contributed by atoms with Crippen molar-refractivity contribution in [3.63, 3.8) is 0 Å². The number of rotatable bonds is 4. The van der Waals surface area contributed by atoms with Crippen LogP contribution in [-0.2, 0) is 6.54 Å². The Kier molecular flexibility index (Phi) is 3.89. The van der Waals surface area contributed by atoms with Crippen LogP contribution in [0.5, 0.6) is 0 Å². The lowest BCUT2D eigenvalue weighted by Gasteiger charge is -2.18. The highest BCUT2D eigenvalue weighted by Crippen LogP contribution is 2.16. The van der Waals surface area contributed by atoms with Crippen LogP contribution in [0.2, 0.25) is 0 Å². The quantitative estimate of drug-likeness (QED) is 0.894. The standard InChI is InChI=1S/C14H17N3O/c1-11(18)13-5-6-14(16-9-13)17(2)10-12-4-3-7-15-8-12/h3-9,11,18H,10H2,1-2H3/t11-/m0/s1. The first-order chi connectivity index (χ1) is 8.66. The van der Waals surface area contributed by atoms with E-state index in [4.69, 9.17) is 0 Å². The summed E-state index contributed by atoms with van der Waals surface area (Å²) >= 11 is 0. The predicted octanol–water partition coefficient (Wildman–Crippen LogP) is 2.17. The topological polar surface area (TPSA) is 49.2 Å². The zero-order chi connectivity index (χ0) is 13.0. The van der Waals surface area contributed by atoms with Gasteiger partial charge in [-0.1, -0.05) is 12.1 Å². The fourth-order valence-corrected chi connectivity index (χ4v) is 1.72. The molecule has 2 aromatic heterocycles. The van der Waals surface area contributed by atoms with Gasteiger partial charge < -0.3 is 10.0 Å². The molecule has 0 fully saturated rings. The van der Waals surface area contributed by atoms with Crippen LogP contribution in [0.3, 0.4) is 0 Å². The molecule has 2 rings (SSSR count). The average Bonchev–Trinajstić information content (AvgIpc) is 2.40. The first kappa shape index (κ1) is 12.5. The van der Waals surface area contributed by atoms with E-state index in [1.807, 2.05) is 42.4 Å². The number of aliphatic hydroxyl groups is 1. The minimum absolute atomic E-state index is 0.477. The summed E-state index contributed by atoms with van der Waals surface area (Å²) in [4.78, 5) is 10.5. The number of pyridine rings is 2. The Hall–Kier alpha value is -1.94. The molecule has 0 radical (unpaired) electrons. The normalized spacial score (nSPS) is 12.2. The lowest BCUT2D eigenvalue weighted by Crippen LogP contribution is -2.17. The van der Waals surface area contributed by atoms with Crippen LogP contribution in [0.25, 0.3) is 0 Å². The molecular formula is C14H17N3O. The van der Waals surface area contributed by atoms with Gasteiger partial charge in [-0.2, -0.15) is 0 Å². The number of aromatic nitrogens is 2. The van der Waals surface area contributed by atoms with E-state index in [-0.39, 0.29) is 0 Å². The molecule has 94 valence electrons. The first-order valence-electron chi connectivity index (χ1n) is 5.91. The second kappa shape index (κ2) is 5.60. The molecule has 0 unspecified atom stereocenters. The smallest absolute Gasteiger partial charge is 0.128 e. The summed E-state index contributed by atoms with van der Waals surface area (Å²) in [6, 6.07) is 7.77. The van der Waals surface area contributed by atoms with Crippen LogP contribution >= 0.6 is 0 Å². The third-order valence-electron chi connectivity index (χ3n) is 2.79. The highest BCUT2D eigenvalue weighted by Gasteiger charge is 2.05. The van der Waals surface area contributed by atoms with Crippen molar-refractivity contribution in [1.29, 1.82) is 0 Å². The van der Waals surface area contributed by atoms with Gasteiger partial charge in [-0.25, -0.2) is 4.98 Å². The van der Waals surface area contributed by atoms with Crippen molar-refractivity contribution in [2.45, 2.75) is 19.6 Å². The van der Waals surface area contributed by atoms with Crippen LogP contribution in [0, 0.1) is 0 Å². The maximum Gasteiger partial charge on any atom is 0.128 e. The number of hydrogen-bond acceptors (Lipinski definition) is 4. The van der Waals surface area contributed by atoms with Gasteiger partial charge in [0.15, 0.2) is 0 Å². The molecule has 0 aliphatic heterocycles. The van der Waals surface area contributed by atoms with Crippen molar-refractivity contribution in [2.75, 3.05) is 11.9 Å². The Morgan fingerprint density at radius 2 is 2.11 bits per heavy atom. The average molecular weight is 243 g/mol. The summed E-state index contributed by atoms with van der Waals surface area (Å²) in [7, 11) is 1.98. The van der Waals surface area contributed by atoms with Crippen molar-refractivity contribution in [3.05, 3.63) is 54.0 Å². The largest absolute Gasteiger partial charge is 0.389 e. The summed E-state index contributed by atoms with van der Waals surface area (Å²) in [6.07, 6.45) is 4.84. The molecule has 4 heteroatoms. The van der Waals surface area contributed by atoms with Crippen molar-refractivity contribution < 1.29 is 5.11 Å². The van der Waals surface area contributed by atoms with Crippen LogP contribution < -0.4 is 4.90 Å². The Labute approximate surface area is 107 Å². The van der Waals surface area contributed by atoms with E-state index in [2.05, 4.69) is 9.97 Å². The molecule has 0 aromatic carbocycles. The lowest BCUT2D eigenvalue weighted by molar-refractivity contribution is 0.199. The molecule has 4 nitrogen and oxygen atoms in total. The van der Waals surface area contributed by atoms with E-state index >= 15 is 0 Å². The molecule has 2 heterocycles. The van der Waals surface area contributed by atoms with E-state index < -0.39 is 6.10 Å². The van der Waals surface area contributed by atoms with Crippen molar-refractivity contribution in [2.24, 2.45) is 0 Å². The number of anilines is 1. The fraction of sp³-hybridized carbons (Fsp3) is 0.286. The molecule has 0 spiro atoms. The SMILES string of the molecule is C[C@H](O)c1ccc(N(C)Cc2cccnc2)nc1. The Morgan fingerprint density at radius 1 is 1.28 bits per heavy atom. The molecule has 0 aliphatic rings. The van der Waals surface area contributed by atoms with E-state index in [9.17, 15) is 5.11 Å². The van der Waals surface area contributed by atoms with Crippen molar-refractivity contribution in [3.8, 4) is 0 Å². The van der Waals surface area contributed by atoms with Crippen molar-refractivity contribution >= 4 is 5.82 Å². The molecule has 18 heavy (non-hydrogen) atoms. The van der Waals surface area contributed by atoms with Gasteiger partial charge in [-0.3, -0.25) is 4.98 Å². The van der Waals surface area contributed by atoms with Crippen LogP contribution in [0.15, 0.2) is 42.9 Å². The summed E-state index contributed by atoms with van der Waals surface area (Å²) in [5.74, 6) is 0.878. The number of aliphatic hydroxyl groups excluding tert-OH is 1. The van der Waals surface area contributed by atoms with E-state index in [0.717, 1.165) is 23.5 Å². The van der Waals surface area contributed by atoms with E-state index in [0.29, 0.717) is 0 Å². The molecule has 1 atom stereocenters. The highest BCUT2D eigenvalue weighted by atomic mass is 16.3. The first-order valence-corrected chi connectivity index (χ1v) is 5.91. The third kappa shape index (κ3) is 3.05. The summed E-state index contributed by atoms with van der Waals surface area (Å²) in [5.41, 5.74) is 1.97. The minimum atomic E-state index is -0.477. The van der Waals surface area contributed by atoms with E-state index in [1.54, 1.807) is 19.3 Å². The van der Waals surface area contributed by atoms with Gasteiger partial charge in [0.1, 0.15) is 5.82 Å². The van der Waals surface area contributed by atoms with Gasteiger partial charge in [0.2, 0.25) is 0 Å². The molecule has 0 bridgehead atoms. The van der Waals surface area contributed by atoms with Crippen LogP contribution in [0.1, 0.15) is 24.2 Å². The minimum Gasteiger partial charge on any atom is -0.389 e. The molecule has 1 N–H and O–H groups in total. The molecule has 0 saturated heterocycles. The second-order valence-corrected chi connectivity index (χ2v) is 4.34. The van der Waals surface area contributed by atoms with Crippen LogP contribution in [-0.4, -0.2) is 22.1 Å². The molecule has 2 aromatic rings. The Bertz CT molecular complexity index is 482. The maximum absolute atomic E-state index is 9.43. The molecule has 0 saturated carbocycles. The van der Waals surface area contributed by atoms with Gasteiger partial charge >= 0.3 is 0 Å². The zero-order valence-electron chi connectivity index (χ0n) is 10.6. The van der Waals surface area contributed by atoms with Gasteiger partial charge in [-0.15, -0.1) is 0 Å². The van der Waals surface area contributed by atoms with Gasteiger partial charge in [0.25, 0.3) is 0 Å². The second-order valence-electron chi connectivity index (χ2n) is 4.34. The fourth-order valence-electron chi connectivity index (χ4n) is 1.72. The number of nitrogens with zero attached hydrogens (tertiary/aromatic N) is 3. The molecule has 0 aliphatic carbocycles. The molecule has 0 amide bonds.